The monoisotopic (exact) mass is 284 g/mol. The smallest absolute Gasteiger partial charge is 0.319 e. The minimum atomic E-state index is -0.146. The average Bonchev–Trinajstić information content (AvgIpc) is 3.10. The zero-order valence-electron chi connectivity index (χ0n) is 12.2. The van der Waals surface area contributed by atoms with E-state index in [0.717, 1.165) is 29.8 Å². The Hall–Kier alpha value is -2.30. The molecule has 0 atom stereocenters. The summed E-state index contributed by atoms with van der Waals surface area (Å²) < 4.78 is 1.78. The van der Waals surface area contributed by atoms with Crippen LogP contribution in [0.2, 0.25) is 0 Å². The molecular formula is C16H20N4O. The predicted molar refractivity (Wildman–Crippen MR) is 83.1 cm³/mol. The molecule has 1 heterocycles. The van der Waals surface area contributed by atoms with Crippen molar-refractivity contribution in [2.75, 3.05) is 5.32 Å². The van der Waals surface area contributed by atoms with E-state index in [2.05, 4.69) is 15.7 Å². The summed E-state index contributed by atoms with van der Waals surface area (Å²) in [6.45, 7) is 0. The molecule has 0 saturated heterocycles. The Balaban J connectivity index is 1.75. The highest BCUT2D eigenvalue weighted by molar-refractivity contribution is 5.93. The summed E-state index contributed by atoms with van der Waals surface area (Å²) in [5.74, 6) is 0. The van der Waals surface area contributed by atoms with Crippen LogP contribution >= 0.6 is 0 Å². The molecule has 5 heteroatoms. The second-order valence-electron chi connectivity index (χ2n) is 5.48. The van der Waals surface area contributed by atoms with Crippen LogP contribution in [0.25, 0.3) is 11.3 Å². The van der Waals surface area contributed by atoms with Crippen LogP contribution in [0.15, 0.2) is 36.5 Å². The largest absolute Gasteiger partial charge is 0.335 e. The van der Waals surface area contributed by atoms with Gasteiger partial charge in [-0.05, 0) is 12.8 Å². The molecule has 1 aromatic heterocycles. The quantitative estimate of drug-likeness (QED) is 0.909. The Morgan fingerprint density at radius 2 is 1.95 bits per heavy atom. The van der Waals surface area contributed by atoms with Crippen LogP contribution in [0.1, 0.15) is 25.7 Å². The van der Waals surface area contributed by atoms with Gasteiger partial charge in [-0.1, -0.05) is 43.2 Å². The molecule has 2 aromatic rings. The van der Waals surface area contributed by atoms with E-state index in [-0.39, 0.29) is 6.03 Å². The molecule has 1 aliphatic carbocycles. The SMILES string of the molecule is Cn1ncc(NC(=O)NC2CCCC2)c1-c1ccccc1. The highest BCUT2D eigenvalue weighted by Gasteiger charge is 2.18. The number of amides is 2. The molecule has 110 valence electrons. The second-order valence-corrected chi connectivity index (χ2v) is 5.48. The van der Waals surface area contributed by atoms with Gasteiger partial charge in [0.2, 0.25) is 0 Å². The molecule has 2 amide bonds. The maximum atomic E-state index is 12.1. The maximum absolute atomic E-state index is 12.1. The first-order valence-corrected chi connectivity index (χ1v) is 7.39. The van der Waals surface area contributed by atoms with Gasteiger partial charge in [0.05, 0.1) is 17.6 Å². The molecule has 0 aliphatic heterocycles. The third-order valence-corrected chi connectivity index (χ3v) is 3.92. The van der Waals surface area contributed by atoms with E-state index < -0.39 is 0 Å². The van der Waals surface area contributed by atoms with E-state index in [1.54, 1.807) is 10.9 Å². The zero-order valence-corrected chi connectivity index (χ0v) is 12.2. The predicted octanol–water partition coefficient (Wildman–Crippen LogP) is 3.15. The van der Waals surface area contributed by atoms with Gasteiger partial charge in [-0.2, -0.15) is 5.10 Å². The van der Waals surface area contributed by atoms with Crippen LogP contribution in [0.4, 0.5) is 10.5 Å². The number of benzene rings is 1. The van der Waals surface area contributed by atoms with Gasteiger partial charge in [-0.3, -0.25) is 4.68 Å². The van der Waals surface area contributed by atoms with Gasteiger partial charge in [0.1, 0.15) is 0 Å². The lowest BCUT2D eigenvalue weighted by Crippen LogP contribution is -2.36. The summed E-state index contributed by atoms with van der Waals surface area (Å²) in [7, 11) is 1.88. The van der Waals surface area contributed by atoms with Gasteiger partial charge in [-0.25, -0.2) is 4.79 Å². The molecule has 0 unspecified atom stereocenters. The number of nitrogens with one attached hydrogen (secondary N) is 2. The number of urea groups is 1. The first-order chi connectivity index (χ1) is 10.2. The highest BCUT2D eigenvalue weighted by atomic mass is 16.2. The Morgan fingerprint density at radius 3 is 2.67 bits per heavy atom. The normalized spacial score (nSPS) is 15.1. The summed E-state index contributed by atoms with van der Waals surface area (Å²) >= 11 is 0. The summed E-state index contributed by atoms with van der Waals surface area (Å²) in [4.78, 5) is 12.1. The number of carbonyl (C=O) groups is 1. The summed E-state index contributed by atoms with van der Waals surface area (Å²) in [5.41, 5.74) is 2.69. The van der Waals surface area contributed by atoms with E-state index >= 15 is 0 Å². The van der Waals surface area contributed by atoms with Crippen LogP contribution in [0.5, 0.6) is 0 Å². The van der Waals surface area contributed by atoms with Crippen molar-refractivity contribution in [3.63, 3.8) is 0 Å². The maximum Gasteiger partial charge on any atom is 0.319 e. The molecular weight excluding hydrogens is 264 g/mol. The van der Waals surface area contributed by atoms with E-state index in [4.69, 9.17) is 0 Å². The van der Waals surface area contributed by atoms with Crippen LogP contribution in [0, 0.1) is 0 Å². The molecule has 0 bridgehead atoms. The third-order valence-electron chi connectivity index (χ3n) is 3.92. The molecule has 3 rings (SSSR count). The fraction of sp³-hybridized carbons (Fsp3) is 0.375. The first-order valence-electron chi connectivity index (χ1n) is 7.39. The fourth-order valence-corrected chi connectivity index (χ4v) is 2.88. The molecule has 1 saturated carbocycles. The summed E-state index contributed by atoms with van der Waals surface area (Å²) in [5, 5.41) is 10.2. The van der Waals surface area contributed by atoms with Crippen molar-refractivity contribution in [2.24, 2.45) is 7.05 Å². The molecule has 1 aliphatic rings. The molecule has 21 heavy (non-hydrogen) atoms. The number of aromatic nitrogens is 2. The standard InChI is InChI=1S/C16H20N4O/c1-20-15(12-7-3-2-4-8-12)14(11-17-20)19-16(21)18-13-9-5-6-10-13/h2-4,7-8,11,13H,5-6,9-10H2,1H3,(H2,18,19,21). The van der Waals surface area contributed by atoms with E-state index in [1.807, 2.05) is 37.4 Å². The van der Waals surface area contributed by atoms with Crippen LogP contribution in [0.3, 0.4) is 0 Å². The number of hydrogen-bond donors (Lipinski definition) is 2. The molecule has 0 radical (unpaired) electrons. The number of rotatable bonds is 3. The molecule has 0 spiro atoms. The lowest BCUT2D eigenvalue weighted by molar-refractivity contribution is 0.248. The summed E-state index contributed by atoms with van der Waals surface area (Å²) in [6.07, 6.45) is 6.24. The number of aryl methyl sites for hydroxylation is 1. The van der Waals surface area contributed by atoms with Gasteiger partial charge in [0.15, 0.2) is 0 Å². The number of nitrogens with zero attached hydrogens (tertiary/aromatic N) is 2. The number of carbonyl (C=O) groups excluding carboxylic acids is 1. The van der Waals surface area contributed by atoms with Crippen molar-refractivity contribution in [1.29, 1.82) is 0 Å². The Labute approximate surface area is 124 Å². The van der Waals surface area contributed by atoms with E-state index in [9.17, 15) is 4.79 Å². The van der Waals surface area contributed by atoms with Gasteiger partial charge in [-0.15, -0.1) is 0 Å². The third kappa shape index (κ3) is 3.07. The van der Waals surface area contributed by atoms with Crippen LogP contribution < -0.4 is 10.6 Å². The molecule has 1 fully saturated rings. The molecule has 5 nitrogen and oxygen atoms in total. The Kier molecular flexibility index (Phi) is 3.90. The van der Waals surface area contributed by atoms with Crippen LogP contribution in [-0.4, -0.2) is 21.9 Å². The van der Waals surface area contributed by atoms with Crippen LogP contribution in [-0.2, 0) is 7.05 Å². The summed E-state index contributed by atoms with van der Waals surface area (Å²) in [6, 6.07) is 10.1. The van der Waals surface area contributed by atoms with Crippen molar-refractivity contribution in [1.82, 2.24) is 15.1 Å². The van der Waals surface area contributed by atoms with Crippen molar-refractivity contribution < 1.29 is 4.79 Å². The minimum absolute atomic E-state index is 0.146. The highest BCUT2D eigenvalue weighted by Crippen LogP contribution is 2.27. The first kappa shape index (κ1) is 13.7. The lowest BCUT2D eigenvalue weighted by Gasteiger charge is -2.13. The molecule has 1 aromatic carbocycles. The molecule has 2 N–H and O–H groups in total. The zero-order chi connectivity index (χ0) is 14.7. The van der Waals surface area contributed by atoms with Crippen molar-refractivity contribution in [2.45, 2.75) is 31.7 Å². The minimum Gasteiger partial charge on any atom is -0.335 e. The lowest BCUT2D eigenvalue weighted by atomic mass is 10.1. The fourth-order valence-electron chi connectivity index (χ4n) is 2.88. The van der Waals surface area contributed by atoms with Gasteiger partial charge in [0, 0.05) is 18.7 Å². The van der Waals surface area contributed by atoms with Gasteiger partial charge >= 0.3 is 6.03 Å². The van der Waals surface area contributed by atoms with Crippen molar-refractivity contribution in [3.8, 4) is 11.3 Å². The Morgan fingerprint density at radius 1 is 1.24 bits per heavy atom. The number of anilines is 1. The number of hydrogen-bond acceptors (Lipinski definition) is 2. The van der Waals surface area contributed by atoms with Crippen molar-refractivity contribution >= 4 is 11.7 Å². The Bertz CT molecular complexity index is 614. The van der Waals surface area contributed by atoms with E-state index in [0.29, 0.717) is 6.04 Å². The van der Waals surface area contributed by atoms with Gasteiger partial charge < -0.3 is 10.6 Å². The van der Waals surface area contributed by atoms with Crippen molar-refractivity contribution in [3.05, 3.63) is 36.5 Å². The van der Waals surface area contributed by atoms with E-state index in [1.165, 1.54) is 12.8 Å². The average molecular weight is 284 g/mol. The van der Waals surface area contributed by atoms with Gasteiger partial charge in [0.25, 0.3) is 0 Å². The topological polar surface area (TPSA) is 59.0 Å². The second kappa shape index (κ2) is 5.99.